The third-order valence-corrected chi connectivity index (χ3v) is 6.49. The van der Waals surface area contributed by atoms with Crippen LogP contribution in [0.3, 0.4) is 0 Å². The van der Waals surface area contributed by atoms with Crippen molar-refractivity contribution in [3.05, 3.63) is 24.0 Å². The van der Waals surface area contributed by atoms with Crippen LogP contribution in [0.15, 0.2) is 18.5 Å². The number of carbonyl (C=O) groups excluding carboxylic acids is 1. The van der Waals surface area contributed by atoms with E-state index in [-0.39, 0.29) is 17.7 Å². The van der Waals surface area contributed by atoms with Crippen LogP contribution in [0.5, 0.6) is 0 Å². The van der Waals surface area contributed by atoms with Gasteiger partial charge >= 0.3 is 5.97 Å². The van der Waals surface area contributed by atoms with E-state index in [0.717, 1.165) is 36.8 Å². The molecule has 1 aliphatic rings. The first kappa shape index (κ1) is 18.7. The second kappa shape index (κ2) is 7.63. The van der Waals surface area contributed by atoms with E-state index in [9.17, 15) is 13.2 Å². The van der Waals surface area contributed by atoms with Crippen molar-refractivity contribution in [2.45, 2.75) is 31.7 Å². The highest BCUT2D eigenvalue weighted by Gasteiger charge is 2.26. The Labute approximate surface area is 152 Å². The number of nitrogens with one attached hydrogen (secondary N) is 3. The van der Waals surface area contributed by atoms with Gasteiger partial charge in [0.05, 0.1) is 18.6 Å². The molecule has 0 bridgehead atoms. The van der Waals surface area contributed by atoms with Crippen LogP contribution in [0.25, 0.3) is 11.0 Å². The van der Waals surface area contributed by atoms with E-state index in [0.29, 0.717) is 11.2 Å². The second-order valence-electron chi connectivity index (χ2n) is 6.63. The van der Waals surface area contributed by atoms with Crippen molar-refractivity contribution in [1.29, 1.82) is 0 Å². The molecule has 0 aliphatic heterocycles. The molecule has 0 radical (unpaired) electrons. The first-order chi connectivity index (χ1) is 12.4. The fraction of sp³-hybridized carbons (Fsp3) is 0.529. The summed E-state index contributed by atoms with van der Waals surface area (Å²) in [4.78, 5) is 19.4. The third-order valence-electron chi connectivity index (χ3n) is 4.95. The highest BCUT2D eigenvalue weighted by Crippen LogP contribution is 2.31. The Bertz CT molecular complexity index is 885. The summed E-state index contributed by atoms with van der Waals surface area (Å²) in [6, 6.07) is 2.05. The number of methoxy groups -OCH3 is 1. The number of aromatic nitrogens is 2. The smallest absolute Gasteiger partial charge is 0.341 e. The lowest BCUT2D eigenvalue weighted by molar-refractivity contribution is 0.0601. The lowest BCUT2D eigenvalue weighted by Crippen LogP contribution is -2.32. The Morgan fingerprint density at radius 2 is 2.08 bits per heavy atom. The van der Waals surface area contributed by atoms with Crippen LogP contribution in [0.2, 0.25) is 0 Å². The van der Waals surface area contributed by atoms with Gasteiger partial charge in [-0.3, -0.25) is 0 Å². The summed E-state index contributed by atoms with van der Waals surface area (Å²) in [6.45, 7) is 0. The molecule has 0 saturated heterocycles. The van der Waals surface area contributed by atoms with Gasteiger partial charge in [0.2, 0.25) is 10.0 Å². The number of ether oxygens (including phenoxy) is 1. The van der Waals surface area contributed by atoms with Crippen molar-refractivity contribution >= 4 is 32.7 Å². The number of carbonyl (C=O) groups is 1. The van der Waals surface area contributed by atoms with Gasteiger partial charge in [0.25, 0.3) is 0 Å². The normalized spacial score (nSPS) is 20.8. The van der Waals surface area contributed by atoms with Gasteiger partial charge in [-0.2, -0.15) is 0 Å². The first-order valence-corrected chi connectivity index (χ1v) is 10.3. The Kier molecular flexibility index (Phi) is 5.47. The lowest BCUT2D eigenvalue weighted by atomic mass is 9.87. The number of nitrogens with zero attached hydrogens (tertiary/aromatic N) is 1. The fourth-order valence-electron chi connectivity index (χ4n) is 3.50. The van der Waals surface area contributed by atoms with Gasteiger partial charge in [0, 0.05) is 23.8 Å². The molecule has 9 heteroatoms. The molecule has 8 nitrogen and oxygen atoms in total. The maximum atomic E-state index is 12.1. The molecule has 1 aliphatic carbocycles. The van der Waals surface area contributed by atoms with Crippen LogP contribution < -0.4 is 10.0 Å². The van der Waals surface area contributed by atoms with E-state index in [1.165, 1.54) is 20.4 Å². The standard InChI is InChI=1S/C17H24N4O4S/c1-18-26(23,24)10-11-3-5-12(6-4-11)21-15-13-7-8-19-16(13)20-9-14(15)17(22)25-2/h7-9,11-12,18H,3-6,10H2,1-2H3,(H2,19,20,21)/t11-,12-. The molecule has 0 aromatic carbocycles. The van der Waals surface area contributed by atoms with Crippen molar-refractivity contribution in [3.63, 3.8) is 0 Å². The maximum Gasteiger partial charge on any atom is 0.341 e. The molecule has 2 aromatic rings. The molecule has 1 fully saturated rings. The third kappa shape index (κ3) is 3.99. The number of anilines is 1. The summed E-state index contributed by atoms with van der Waals surface area (Å²) in [6.07, 6.45) is 6.64. The first-order valence-electron chi connectivity index (χ1n) is 8.65. The fourth-order valence-corrected chi connectivity index (χ4v) is 4.62. The quantitative estimate of drug-likeness (QED) is 0.660. The number of aromatic amines is 1. The second-order valence-corrected chi connectivity index (χ2v) is 8.60. The lowest BCUT2D eigenvalue weighted by Gasteiger charge is -2.30. The van der Waals surface area contributed by atoms with Crippen LogP contribution in [-0.4, -0.2) is 50.3 Å². The Hall–Kier alpha value is -2.13. The van der Waals surface area contributed by atoms with Gasteiger partial charge in [0.1, 0.15) is 11.2 Å². The topological polar surface area (TPSA) is 113 Å². The number of hydrogen-bond acceptors (Lipinski definition) is 6. The van der Waals surface area contributed by atoms with Gasteiger partial charge in [-0.1, -0.05) is 0 Å². The Balaban J connectivity index is 1.74. The SMILES string of the molecule is CNS(=O)(=O)C[C@H]1CC[C@H](Nc2c(C(=O)OC)cnc3[nH]ccc23)CC1. The number of H-pyrrole nitrogens is 1. The number of rotatable bonds is 6. The molecule has 2 aromatic heterocycles. The summed E-state index contributed by atoms with van der Waals surface area (Å²) in [5.41, 5.74) is 1.82. The van der Waals surface area contributed by atoms with Crippen molar-refractivity contribution in [1.82, 2.24) is 14.7 Å². The molecule has 0 spiro atoms. The minimum atomic E-state index is -3.18. The van der Waals surface area contributed by atoms with E-state index in [2.05, 4.69) is 20.0 Å². The Morgan fingerprint density at radius 3 is 2.73 bits per heavy atom. The van der Waals surface area contributed by atoms with Gasteiger partial charge < -0.3 is 15.0 Å². The number of fused-ring (bicyclic) bond motifs is 1. The molecule has 1 saturated carbocycles. The number of esters is 1. The maximum absolute atomic E-state index is 12.1. The molecule has 3 rings (SSSR count). The average Bonchev–Trinajstić information content (AvgIpc) is 3.12. The van der Waals surface area contributed by atoms with Gasteiger partial charge in [-0.05, 0) is 44.7 Å². The molecule has 26 heavy (non-hydrogen) atoms. The van der Waals surface area contributed by atoms with Gasteiger partial charge in [0.15, 0.2) is 0 Å². The zero-order valence-corrected chi connectivity index (χ0v) is 15.7. The van der Waals surface area contributed by atoms with Crippen LogP contribution in [0, 0.1) is 5.92 Å². The summed E-state index contributed by atoms with van der Waals surface area (Å²) in [5, 5.41) is 4.31. The van der Waals surface area contributed by atoms with Gasteiger partial charge in [-0.25, -0.2) is 22.9 Å². The molecular weight excluding hydrogens is 356 g/mol. The van der Waals surface area contributed by atoms with E-state index in [1.54, 1.807) is 6.20 Å². The predicted octanol–water partition coefficient (Wildman–Crippen LogP) is 1.87. The molecular formula is C17H24N4O4S. The zero-order chi connectivity index (χ0) is 18.7. The molecule has 3 N–H and O–H groups in total. The summed E-state index contributed by atoms with van der Waals surface area (Å²) < 4.78 is 30.7. The molecule has 0 atom stereocenters. The van der Waals surface area contributed by atoms with E-state index in [4.69, 9.17) is 4.74 Å². The minimum absolute atomic E-state index is 0.162. The highest BCUT2D eigenvalue weighted by atomic mass is 32.2. The van der Waals surface area contributed by atoms with E-state index >= 15 is 0 Å². The number of pyridine rings is 1. The van der Waals surface area contributed by atoms with Crippen molar-refractivity contribution in [3.8, 4) is 0 Å². The van der Waals surface area contributed by atoms with Crippen molar-refractivity contribution in [2.24, 2.45) is 5.92 Å². The van der Waals surface area contributed by atoms with E-state index in [1.807, 2.05) is 6.07 Å². The minimum Gasteiger partial charge on any atom is -0.465 e. The summed E-state index contributed by atoms with van der Waals surface area (Å²) in [7, 11) is -0.387. The molecule has 0 amide bonds. The van der Waals surface area contributed by atoms with Crippen LogP contribution in [-0.2, 0) is 14.8 Å². The number of sulfonamides is 1. The Morgan fingerprint density at radius 1 is 1.35 bits per heavy atom. The van der Waals surface area contributed by atoms with Crippen LogP contribution in [0.4, 0.5) is 5.69 Å². The van der Waals surface area contributed by atoms with Crippen LogP contribution >= 0.6 is 0 Å². The largest absolute Gasteiger partial charge is 0.465 e. The monoisotopic (exact) mass is 380 g/mol. The van der Waals surface area contributed by atoms with Crippen LogP contribution in [0.1, 0.15) is 36.0 Å². The average molecular weight is 380 g/mol. The number of hydrogen-bond donors (Lipinski definition) is 3. The summed E-state index contributed by atoms with van der Waals surface area (Å²) >= 11 is 0. The van der Waals surface area contributed by atoms with E-state index < -0.39 is 16.0 Å². The van der Waals surface area contributed by atoms with Crippen molar-refractivity contribution in [2.75, 3.05) is 25.2 Å². The van der Waals surface area contributed by atoms with Crippen molar-refractivity contribution < 1.29 is 17.9 Å². The predicted molar refractivity (Wildman–Crippen MR) is 99.6 cm³/mol. The molecule has 2 heterocycles. The van der Waals surface area contributed by atoms with Gasteiger partial charge in [-0.15, -0.1) is 0 Å². The summed E-state index contributed by atoms with van der Waals surface area (Å²) in [5.74, 6) is -0.104. The molecule has 142 valence electrons. The molecule has 0 unspecified atom stereocenters. The highest BCUT2D eigenvalue weighted by molar-refractivity contribution is 7.89. The zero-order valence-electron chi connectivity index (χ0n) is 14.9.